The van der Waals surface area contributed by atoms with E-state index in [1.165, 1.54) is 12.1 Å². The van der Waals surface area contributed by atoms with Crippen molar-refractivity contribution in [1.82, 2.24) is 5.32 Å². The number of amides is 1. The van der Waals surface area contributed by atoms with Crippen molar-refractivity contribution in [3.8, 4) is 0 Å². The molecule has 0 heterocycles. The first kappa shape index (κ1) is 17.8. The fraction of sp³-hybridized carbons (Fsp3) is 0.417. The van der Waals surface area contributed by atoms with Crippen LogP contribution in [0.2, 0.25) is 5.02 Å². The average molecular weight is 403 g/mol. The maximum absolute atomic E-state index is 12.0. The highest BCUT2D eigenvalue weighted by molar-refractivity contribution is 9.10. The molecule has 1 rings (SSSR count). The van der Waals surface area contributed by atoms with Crippen molar-refractivity contribution in [2.75, 3.05) is 6.54 Å². The second kappa shape index (κ2) is 7.11. The summed E-state index contributed by atoms with van der Waals surface area (Å²) in [6.07, 6.45) is 0.820. The molecular formula is C12H14BrCl2NO3S. The van der Waals surface area contributed by atoms with E-state index >= 15 is 0 Å². The van der Waals surface area contributed by atoms with E-state index in [1.54, 1.807) is 0 Å². The lowest BCUT2D eigenvalue weighted by molar-refractivity contribution is 0.0952. The highest BCUT2D eigenvalue weighted by atomic mass is 79.9. The van der Waals surface area contributed by atoms with E-state index in [0.29, 0.717) is 12.5 Å². The fourth-order valence-electron chi connectivity index (χ4n) is 1.46. The van der Waals surface area contributed by atoms with Crippen molar-refractivity contribution in [1.29, 1.82) is 0 Å². The van der Waals surface area contributed by atoms with E-state index < -0.39 is 15.0 Å². The summed E-state index contributed by atoms with van der Waals surface area (Å²) >= 11 is 9.02. The smallest absolute Gasteiger partial charge is 0.262 e. The molecule has 0 aliphatic heterocycles. The van der Waals surface area contributed by atoms with Crippen LogP contribution < -0.4 is 5.32 Å². The highest BCUT2D eigenvalue weighted by Gasteiger charge is 2.20. The molecule has 20 heavy (non-hydrogen) atoms. The number of hydrogen-bond donors (Lipinski definition) is 1. The molecule has 1 aromatic rings. The molecule has 0 radical (unpaired) electrons. The topological polar surface area (TPSA) is 63.2 Å². The molecule has 4 nitrogen and oxygen atoms in total. The van der Waals surface area contributed by atoms with E-state index in [-0.39, 0.29) is 20.0 Å². The van der Waals surface area contributed by atoms with Crippen LogP contribution in [0.5, 0.6) is 0 Å². The fourth-order valence-corrected chi connectivity index (χ4v) is 4.04. The summed E-state index contributed by atoms with van der Waals surface area (Å²) in [4.78, 5) is 11.8. The van der Waals surface area contributed by atoms with E-state index in [9.17, 15) is 13.2 Å². The van der Waals surface area contributed by atoms with Gasteiger partial charge in [0.05, 0.1) is 15.5 Å². The number of carbonyl (C=O) groups is 1. The molecule has 112 valence electrons. The van der Waals surface area contributed by atoms with Crippen molar-refractivity contribution in [2.24, 2.45) is 5.92 Å². The first-order chi connectivity index (χ1) is 9.12. The van der Waals surface area contributed by atoms with Crippen molar-refractivity contribution in [3.63, 3.8) is 0 Å². The van der Waals surface area contributed by atoms with Crippen molar-refractivity contribution < 1.29 is 13.2 Å². The summed E-state index contributed by atoms with van der Waals surface area (Å²) in [5.74, 6) is 0.0270. The van der Waals surface area contributed by atoms with Crippen LogP contribution in [0.1, 0.15) is 30.6 Å². The Morgan fingerprint density at radius 2 is 2.00 bits per heavy atom. The number of nitrogens with one attached hydrogen (secondary N) is 1. The first-order valence-corrected chi connectivity index (χ1v) is 9.33. The van der Waals surface area contributed by atoms with Gasteiger partial charge in [0.25, 0.3) is 15.0 Å². The predicted molar refractivity (Wildman–Crippen MR) is 84.0 cm³/mol. The molecule has 0 saturated carbocycles. The van der Waals surface area contributed by atoms with Crippen LogP contribution in [0.25, 0.3) is 0 Å². The molecule has 0 saturated heterocycles. The van der Waals surface area contributed by atoms with Crippen LogP contribution in [0.15, 0.2) is 21.5 Å². The van der Waals surface area contributed by atoms with Crippen molar-refractivity contribution in [2.45, 2.75) is 25.2 Å². The molecule has 0 bridgehead atoms. The van der Waals surface area contributed by atoms with Gasteiger partial charge < -0.3 is 5.32 Å². The third-order valence-corrected chi connectivity index (χ3v) is 5.13. The minimum absolute atomic E-state index is 0.0813. The van der Waals surface area contributed by atoms with E-state index in [4.69, 9.17) is 22.3 Å². The van der Waals surface area contributed by atoms with Crippen LogP contribution in [0, 0.1) is 5.92 Å². The second-order valence-corrected chi connectivity index (χ2v) is 8.43. The summed E-state index contributed by atoms with van der Waals surface area (Å²) in [6, 6.07) is 2.51. The van der Waals surface area contributed by atoms with Crippen LogP contribution >= 0.6 is 38.2 Å². The van der Waals surface area contributed by atoms with Crippen LogP contribution in [0.3, 0.4) is 0 Å². The Morgan fingerprint density at radius 3 is 2.50 bits per heavy atom. The molecule has 8 heteroatoms. The maximum Gasteiger partial charge on any atom is 0.262 e. The normalized spacial score (nSPS) is 11.7. The molecule has 1 aromatic carbocycles. The first-order valence-electron chi connectivity index (χ1n) is 5.85. The molecular weight excluding hydrogens is 389 g/mol. The van der Waals surface area contributed by atoms with Crippen LogP contribution in [0.4, 0.5) is 0 Å². The van der Waals surface area contributed by atoms with E-state index in [0.717, 1.165) is 6.42 Å². The van der Waals surface area contributed by atoms with Gasteiger partial charge in [0.2, 0.25) is 0 Å². The largest absolute Gasteiger partial charge is 0.352 e. The molecule has 0 unspecified atom stereocenters. The van der Waals surface area contributed by atoms with Gasteiger partial charge in [-0.25, -0.2) is 8.42 Å². The van der Waals surface area contributed by atoms with Gasteiger partial charge in [0.15, 0.2) is 0 Å². The Bertz CT molecular complexity index is 617. The molecule has 0 aliphatic rings. The Kier molecular flexibility index (Phi) is 6.31. The molecule has 0 fully saturated rings. The SMILES string of the molecule is CC(C)CCNC(=O)c1cc(S(=O)(=O)Cl)c(Br)cc1Cl. The zero-order valence-electron chi connectivity index (χ0n) is 10.9. The lowest BCUT2D eigenvalue weighted by Gasteiger charge is -2.10. The van der Waals surface area contributed by atoms with E-state index in [1.807, 2.05) is 13.8 Å². The van der Waals surface area contributed by atoms with Gasteiger partial charge in [-0.05, 0) is 40.4 Å². The molecule has 1 amide bonds. The number of benzene rings is 1. The lowest BCUT2D eigenvalue weighted by Crippen LogP contribution is -2.25. The van der Waals surface area contributed by atoms with Gasteiger partial charge in [-0.15, -0.1) is 0 Å². The number of halogens is 3. The zero-order chi connectivity index (χ0) is 15.5. The van der Waals surface area contributed by atoms with Gasteiger partial charge in [-0.3, -0.25) is 4.79 Å². The van der Waals surface area contributed by atoms with Crippen molar-refractivity contribution >= 4 is 53.2 Å². The van der Waals surface area contributed by atoms with E-state index in [2.05, 4.69) is 21.2 Å². The minimum Gasteiger partial charge on any atom is -0.352 e. The van der Waals surface area contributed by atoms with Gasteiger partial charge in [-0.2, -0.15) is 0 Å². The third kappa shape index (κ3) is 4.91. The molecule has 0 aliphatic carbocycles. The number of hydrogen-bond acceptors (Lipinski definition) is 3. The summed E-state index contributed by atoms with van der Waals surface area (Å²) in [5.41, 5.74) is 0.0813. The Morgan fingerprint density at radius 1 is 1.40 bits per heavy atom. The number of rotatable bonds is 5. The van der Waals surface area contributed by atoms with Gasteiger partial charge in [-0.1, -0.05) is 25.4 Å². The lowest BCUT2D eigenvalue weighted by atomic mass is 10.1. The predicted octanol–water partition coefficient (Wildman–Crippen LogP) is 3.81. The molecule has 0 spiro atoms. The van der Waals surface area contributed by atoms with Gasteiger partial charge in [0.1, 0.15) is 0 Å². The number of carbonyl (C=O) groups excluding carboxylic acids is 1. The Labute approximate surface area is 136 Å². The maximum atomic E-state index is 12.0. The highest BCUT2D eigenvalue weighted by Crippen LogP contribution is 2.31. The van der Waals surface area contributed by atoms with Crippen LogP contribution in [-0.4, -0.2) is 20.9 Å². The third-order valence-electron chi connectivity index (χ3n) is 2.54. The van der Waals surface area contributed by atoms with Gasteiger partial charge >= 0.3 is 0 Å². The minimum atomic E-state index is -3.95. The zero-order valence-corrected chi connectivity index (χ0v) is 14.8. The average Bonchev–Trinajstić information content (AvgIpc) is 2.26. The second-order valence-electron chi connectivity index (χ2n) is 4.64. The summed E-state index contributed by atoms with van der Waals surface area (Å²) in [5, 5.41) is 2.85. The summed E-state index contributed by atoms with van der Waals surface area (Å²) < 4.78 is 23.0. The molecule has 0 aromatic heterocycles. The Balaban J connectivity index is 3.04. The standard InChI is InChI=1S/C12H14BrCl2NO3S/c1-7(2)3-4-16-12(17)8-5-11(20(15,18)19)9(13)6-10(8)14/h5-7H,3-4H2,1-2H3,(H,16,17). The Hall–Kier alpha value is -0.300. The van der Waals surface area contributed by atoms with Crippen molar-refractivity contribution in [3.05, 3.63) is 27.2 Å². The quantitative estimate of drug-likeness (QED) is 0.761. The van der Waals surface area contributed by atoms with Gasteiger partial charge in [0, 0.05) is 21.7 Å². The molecule has 0 atom stereocenters. The monoisotopic (exact) mass is 401 g/mol. The van der Waals surface area contributed by atoms with Crippen LogP contribution in [-0.2, 0) is 9.05 Å². The molecule has 1 N–H and O–H groups in total. The summed E-state index contributed by atoms with van der Waals surface area (Å²) in [6.45, 7) is 4.57. The summed E-state index contributed by atoms with van der Waals surface area (Å²) in [7, 11) is 1.35.